The number of carbonyl (C=O) groups excluding carboxylic acids is 1. The molecule has 1 N–H and O–H groups in total. The molecule has 1 aromatic heterocycles. The van der Waals surface area contributed by atoms with E-state index in [1.165, 1.54) is 24.4 Å². The van der Waals surface area contributed by atoms with Crippen LogP contribution in [0.1, 0.15) is 43.6 Å². The molecule has 0 aliphatic carbocycles. The molecule has 2 aromatic rings. The van der Waals surface area contributed by atoms with E-state index >= 15 is 0 Å². The highest BCUT2D eigenvalue weighted by atomic mass is 19.1. The Morgan fingerprint density at radius 1 is 1.22 bits per heavy atom. The summed E-state index contributed by atoms with van der Waals surface area (Å²) in [5.41, 5.74) is 0.919. The lowest BCUT2D eigenvalue weighted by molar-refractivity contribution is 0.0596. The van der Waals surface area contributed by atoms with Crippen LogP contribution in [0, 0.1) is 5.82 Å². The highest BCUT2D eigenvalue weighted by Gasteiger charge is 2.51. The SMILES string of the molecule is CC1(C)C[C@H]2[C@H](CCCN2C(=O)c2ncccc2O)N1c1ccc(F)cc1. The lowest BCUT2D eigenvalue weighted by atomic mass is 9.93. The zero-order chi connectivity index (χ0) is 19.2. The minimum atomic E-state index is -0.252. The summed E-state index contributed by atoms with van der Waals surface area (Å²) in [5.74, 6) is -0.560. The average molecular weight is 369 g/mol. The molecule has 27 heavy (non-hydrogen) atoms. The lowest BCUT2D eigenvalue weighted by Gasteiger charge is -2.42. The summed E-state index contributed by atoms with van der Waals surface area (Å²) in [6.45, 7) is 4.98. The molecule has 2 aliphatic heterocycles. The Balaban J connectivity index is 1.67. The number of likely N-dealkylation sites (tertiary alicyclic amines) is 1. The van der Waals surface area contributed by atoms with E-state index in [4.69, 9.17) is 0 Å². The summed E-state index contributed by atoms with van der Waals surface area (Å²) in [6.07, 6.45) is 4.20. The number of amides is 1. The number of rotatable bonds is 2. The van der Waals surface area contributed by atoms with Gasteiger partial charge in [0.1, 0.15) is 11.6 Å². The smallest absolute Gasteiger partial charge is 0.276 e. The summed E-state index contributed by atoms with van der Waals surface area (Å²) in [4.78, 5) is 21.4. The van der Waals surface area contributed by atoms with Crippen LogP contribution in [0.15, 0.2) is 42.6 Å². The fourth-order valence-electron chi connectivity index (χ4n) is 4.74. The predicted molar refractivity (Wildman–Crippen MR) is 101 cm³/mol. The van der Waals surface area contributed by atoms with Gasteiger partial charge in [0.05, 0.1) is 12.1 Å². The molecule has 2 fully saturated rings. The van der Waals surface area contributed by atoms with Gasteiger partial charge >= 0.3 is 0 Å². The van der Waals surface area contributed by atoms with E-state index < -0.39 is 0 Å². The zero-order valence-electron chi connectivity index (χ0n) is 15.6. The number of pyridine rings is 1. The number of hydrogen-bond acceptors (Lipinski definition) is 4. The molecule has 1 amide bonds. The molecular weight excluding hydrogens is 345 g/mol. The highest BCUT2D eigenvalue weighted by molar-refractivity contribution is 5.95. The van der Waals surface area contributed by atoms with E-state index in [0.29, 0.717) is 6.54 Å². The van der Waals surface area contributed by atoms with Gasteiger partial charge in [0.15, 0.2) is 5.69 Å². The van der Waals surface area contributed by atoms with Gasteiger partial charge in [0.2, 0.25) is 0 Å². The Kier molecular flexibility index (Phi) is 4.29. The van der Waals surface area contributed by atoms with Crippen LogP contribution in [0.4, 0.5) is 10.1 Å². The second-order valence-corrected chi connectivity index (χ2v) is 8.01. The normalized spacial score (nSPS) is 24.0. The number of fused-ring (bicyclic) bond motifs is 1. The molecule has 142 valence electrons. The topological polar surface area (TPSA) is 56.7 Å². The number of benzene rings is 1. The second-order valence-electron chi connectivity index (χ2n) is 8.01. The van der Waals surface area contributed by atoms with Gasteiger partial charge in [0.25, 0.3) is 5.91 Å². The molecule has 0 unspecified atom stereocenters. The largest absolute Gasteiger partial charge is 0.505 e. The molecule has 0 bridgehead atoms. The maximum atomic E-state index is 13.4. The minimum absolute atomic E-state index is 0.0349. The highest BCUT2D eigenvalue weighted by Crippen LogP contribution is 2.44. The number of nitrogens with zero attached hydrogens (tertiary/aromatic N) is 3. The molecule has 3 heterocycles. The van der Waals surface area contributed by atoms with E-state index in [0.717, 1.165) is 24.9 Å². The van der Waals surface area contributed by atoms with Crippen molar-refractivity contribution < 1.29 is 14.3 Å². The van der Waals surface area contributed by atoms with Crippen molar-refractivity contribution >= 4 is 11.6 Å². The molecule has 2 saturated heterocycles. The number of aromatic nitrogens is 1. The molecular formula is C21H24FN3O2. The standard InChI is InChI=1S/C21H24FN3O2/c1-21(2)13-17-16(25(21)15-9-7-14(22)8-10-15)5-4-12-24(17)20(27)19-18(26)6-3-11-23-19/h3,6-11,16-17,26H,4-5,12-13H2,1-2H3/t16-,17-/m0/s1. The van der Waals surface area contributed by atoms with E-state index in [2.05, 4.69) is 23.7 Å². The predicted octanol–water partition coefficient (Wildman–Crippen LogP) is 3.59. The second kappa shape index (κ2) is 6.51. The zero-order valence-corrected chi connectivity index (χ0v) is 15.6. The fraction of sp³-hybridized carbons (Fsp3) is 0.429. The number of piperidine rings is 1. The molecule has 4 rings (SSSR count). The van der Waals surface area contributed by atoms with Crippen molar-refractivity contribution in [3.05, 3.63) is 54.1 Å². The Morgan fingerprint density at radius 3 is 2.67 bits per heavy atom. The summed E-state index contributed by atoms with van der Waals surface area (Å²) < 4.78 is 13.4. The van der Waals surface area contributed by atoms with Gasteiger partial charge in [0, 0.05) is 24.0 Å². The van der Waals surface area contributed by atoms with Crippen LogP contribution in [-0.4, -0.2) is 45.1 Å². The van der Waals surface area contributed by atoms with E-state index in [1.54, 1.807) is 6.07 Å². The Bertz CT molecular complexity index is 853. The Morgan fingerprint density at radius 2 is 1.96 bits per heavy atom. The van der Waals surface area contributed by atoms with Gasteiger partial charge in [-0.05, 0) is 69.5 Å². The van der Waals surface area contributed by atoms with Crippen molar-refractivity contribution in [1.82, 2.24) is 9.88 Å². The van der Waals surface area contributed by atoms with Crippen LogP contribution in [0.3, 0.4) is 0 Å². The average Bonchev–Trinajstić information content (AvgIpc) is 2.92. The van der Waals surface area contributed by atoms with Gasteiger partial charge in [-0.2, -0.15) is 0 Å². The van der Waals surface area contributed by atoms with Crippen LogP contribution in [0.2, 0.25) is 0 Å². The molecule has 1 aromatic carbocycles. The lowest BCUT2D eigenvalue weighted by Crippen LogP contribution is -2.53. The van der Waals surface area contributed by atoms with Crippen LogP contribution in [0.25, 0.3) is 0 Å². The number of carbonyl (C=O) groups is 1. The first-order valence-electron chi connectivity index (χ1n) is 9.38. The maximum Gasteiger partial charge on any atom is 0.276 e. The first kappa shape index (κ1) is 17.8. The summed E-state index contributed by atoms with van der Waals surface area (Å²) in [6, 6.07) is 9.88. The quantitative estimate of drug-likeness (QED) is 0.879. The summed E-state index contributed by atoms with van der Waals surface area (Å²) in [7, 11) is 0. The molecule has 2 aliphatic rings. The van der Waals surface area contributed by atoms with E-state index in [-0.39, 0.29) is 40.8 Å². The third-order valence-corrected chi connectivity index (χ3v) is 5.79. The molecule has 2 atom stereocenters. The molecule has 0 radical (unpaired) electrons. The first-order chi connectivity index (χ1) is 12.9. The van der Waals surface area contributed by atoms with E-state index in [9.17, 15) is 14.3 Å². The van der Waals surface area contributed by atoms with Crippen LogP contribution < -0.4 is 4.90 Å². The van der Waals surface area contributed by atoms with Crippen LogP contribution in [-0.2, 0) is 0 Å². The van der Waals surface area contributed by atoms with Crippen molar-refractivity contribution in [3.8, 4) is 5.75 Å². The monoisotopic (exact) mass is 369 g/mol. The third kappa shape index (κ3) is 3.03. The summed E-state index contributed by atoms with van der Waals surface area (Å²) in [5, 5.41) is 10.1. The van der Waals surface area contributed by atoms with Crippen molar-refractivity contribution in [1.29, 1.82) is 0 Å². The van der Waals surface area contributed by atoms with Crippen molar-refractivity contribution in [2.75, 3.05) is 11.4 Å². The van der Waals surface area contributed by atoms with Gasteiger partial charge < -0.3 is 14.9 Å². The first-order valence-corrected chi connectivity index (χ1v) is 9.38. The number of anilines is 1. The number of halogens is 1. The van der Waals surface area contributed by atoms with Gasteiger partial charge in [-0.3, -0.25) is 4.79 Å². The van der Waals surface area contributed by atoms with Crippen LogP contribution in [0.5, 0.6) is 5.75 Å². The number of hydrogen-bond donors (Lipinski definition) is 1. The number of aromatic hydroxyl groups is 1. The molecule has 0 spiro atoms. The maximum absolute atomic E-state index is 13.4. The van der Waals surface area contributed by atoms with Gasteiger partial charge in [-0.15, -0.1) is 0 Å². The minimum Gasteiger partial charge on any atom is -0.505 e. The summed E-state index contributed by atoms with van der Waals surface area (Å²) >= 11 is 0. The Labute approximate surface area is 158 Å². The Hall–Kier alpha value is -2.63. The van der Waals surface area contributed by atoms with Crippen molar-refractivity contribution in [3.63, 3.8) is 0 Å². The van der Waals surface area contributed by atoms with E-state index in [1.807, 2.05) is 17.0 Å². The van der Waals surface area contributed by atoms with Gasteiger partial charge in [-0.25, -0.2) is 9.37 Å². The molecule has 6 heteroatoms. The van der Waals surface area contributed by atoms with Crippen LogP contribution >= 0.6 is 0 Å². The third-order valence-electron chi connectivity index (χ3n) is 5.79. The van der Waals surface area contributed by atoms with Gasteiger partial charge in [-0.1, -0.05) is 0 Å². The van der Waals surface area contributed by atoms with Crippen molar-refractivity contribution in [2.24, 2.45) is 0 Å². The van der Waals surface area contributed by atoms with Crippen molar-refractivity contribution in [2.45, 2.75) is 50.7 Å². The fourth-order valence-corrected chi connectivity index (χ4v) is 4.74. The molecule has 5 nitrogen and oxygen atoms in total. The molecule has 0 saturated carbocycles.